The summed E-state index contributed by atoms with van der Waals surface area (Å²) in [5, 5.41) is 0. The minimum Gasteiger partial charge on any atom is -0.155 e. The number of hydrogen-bond acceptors (Lipinski definition) is 0. The van der Waals surface area contributed by atoms with Crippen LogP contribution in [0.25, 0.3) is 0 Å². The number of aromatic nitrogens is 2. The molecule has 0 unspecified atom stereocenters. The lowest BCUT2D eigenvalue weighted by molar-refractivity contribution is -0.582. The monoisotopic (exact) mass is 117 g/mol. The van der Waals surface area contributed by atoms with Gasteiger partial charge in [-0.05, 0) is 0 Å². The molecule has 0 saturated heterocycles. The SMILES string of the molecule is C#Cn1cc[n+](C#C)c1. The molecule has 0 bridgehead atoms. The van der Waals surface area contributed by atoms with Gasteiger partial charge in [-0.3, -0.25) is 0 Å². The molecule has 0 amide bonds. The Bertz CT molecular complexity index is 254. The molecule has 0 aliphatic carbocycles. The van der Waals surface area contributed by atoms with Gasteiger partial charge in [-0.1, -0.05) is 12.8 Å². The summed E-state index contributed by atoms with van der Waals surface area (Å²) >= 11 is 0. The van der Waals surface area contributed by atoms with Gasteiger partial charge in [-0.15, -0.1) is 0 Å². The molecule has 0 fully saturated rings. The summed E-state index contributed by atoms with van der Waals surface area (Å²) in [6, 6.07) is 4.76. The van der Waals surface area contributed by atoms with Crippen molar-refractivity contribution in [3.8, 4) is 24.9 Å². The van der Waals surface area contributed by atoms with E-state index in [1.165, 1.54) is 0 Å². The smallest absolute Gasteiger partial charge is 0.155 e. The second-order valence-corrected chi connectivity index (χ2v) is 1.49. The van der Waals surface area contributed by atoms with Crippen molar-refractivity contribution in [2.45, 2.75) is 0 Å². The van der Waals surface area contributed by atoms with E-state index in [1.54, 1.807) is 27.9 Å². The van der Waals surface area contributed by atoms with Gasteiger partial charge in [0.2, 0.25) is 0 Å². The molecule has 2 heteroatoms. The van der Waals surface area contributed by atoms with E-state index in [1.807, 2.05) is 0 Å². The van der Waals surface area contributed by atoms with Gasteiger partial charge in [0.05, 0.1) is 0 Å². The zero-order chi connectivity index (χ0) is 6.69. The fourth-order valence-electron chi connectivity index (χ4n) is 0.507. The van der Waals surface area contributed by atoms with Gasteiger partial charge in [0.25, 0.3) is 6.33 Å². The standard InChI is InChI=1S/C7H5N2/c1-3-8-5-6-9(4-2)7-8/h1-2,5-7H/q+1. The van der Waals surface area contributed by atoms with Gasteiger partial charge in [0.1, 0.15) is 24.5 Å². The molecular weight excluding hydrogens is 112 g/mol. The average Bonchev–Trinajstić information content (AvgIpc) is 2.34. The van der Waals surface area contributed by atoms with Gasteiger partial charge < -0.3 is 0 Å². The van der Waals surface area contributed by atoms with Crippen molar-refractivity contribution in [3.63, 3.8) is 0 Å². The molecule has 0 spiro atoms. The molecule has 1 rings (SSSR count). The Morgan fingerprint density at radius 2 is 2.22 bits per heavy atom. The third-order valence-electron chi connectivity index (χ3n) is 0.935. The summed E-state index contributed by atoms with van der Waals surface area (Å²) in [5.74, 6) is 0. The van der Waals surface area contributed by atoms with E-state index >= 15 is 0 Å². The molecule has 1 aromatic heterocycles. The highest BCUT2D eigenvalue weighted by Gasteiger charge is 1.94. The number of rotatable bonds is 0. The first kappa shape index (κ1) is 5.47. The maximum absolute atomic E-state index is 5.05. The van der Waals surface area contributed by atoms with Gasteiger partial charge >= 0.3 is 0 Å². The van der Waals surface area contributed by atoms with Crippen LogP contribution in [0.1, 0.15) is 0 Å². The van der Waals surface area contributed by atoms with Crippen molar-refractivity contribution in [3.05, 3.63) is 18.7 Å². The first-order valence-corrected chi connectivity index (χ1v) is 2.39. The summed E-state index contributed by atoms with van der Waals surface area (Å²) in [6.07, 6.45) is 15.2. The molecule has 0 radical (unpaired) electrons. The summed E-state index contributed by atoms with van der Waals surface area (Å²) in [5.41, 5.74) is 0. The molecule has 1 heterocycles. The Labute approximate surface area is 53.7 Å². The topological polar surface area (TPSA) is 8.81 Å². The van der Waals surface area contributed by atoms with Crippen molar-refractivity contribution in [2.75, 3.05) is 0 Å². The second kappa shape index (κ2) is 2.07. The zero-order valence-corrected chi connectivity index (χ0v) is 4.78. The van der Waals surface area contributed by atoms with Gasteiger partial charge in [-0.25, -0.2) is 0 Å². The average molecular weight is 117 g/mol. The maximum Gasteiger partial charge on any atom is 0.270 e. The molecule has 0 aliphatic heterocycles. The largest absolute Gasteiger partial charge is 0.270 e. The Morgan fingerprint density at radius 3 is 2.56 bits per heavy atom. The van der Waals surface area contributed by atoms with Crippen LogP contribution in [0.3, 0.4) is 0 Å². The highest BCUT2D eigenvalue weighted by atomic mass is 15.1. The quantitative estimate of drug-likeness (QED) is 0.324. The zero-order valence-electron chi connectivity index (χ0n) is 4.78. The minimum absolute atomic E-state index is 1.54. The first-order valence-electron chi connectivity index (χ1n) is 2.39. The van der Waals surface area contributed by atoms with Crippen LogP contribution < -0.4 is 4.57 Å². The van der Waals surface area contributed by atoms with Crippen LogP contribution in [0.2, 0.25) is 0 Å². The van der Waals surface area contributed by atoms with E-state index in [0.717, 1.165) is 0 Å². The van der Waals surface area contributed by atoms with Crippen LogP contribution >= 0.6 is 0 Å². The van der Waals surface area contributed by atoms with Crippen LogP contribution in [0.4, 0.5) is 0 Å². The number of terminal acetylenes is 2. The molecule has 2 nitrogen and oxygen atoms in total. The van der Waals surface area contributed by atoms with E-state index in [-0.39, 0.29) is 0 Å². The third kappa shape index (κ3) is 0.925. The summed E-state index contributed by atoms with van der Waals surface area (Å²) in [7, 11) is 0. The molecular formula is C7H5N2+. The number of nitrogens with zero attached hydrogens (tertiary/aromatic N) is 2. The molecule has 0 N–H and O–H groups in total. The van der Waals surface area contributed by atoms with E-state index in [0.29, 0.717) is 0 Å². The highest BCUT2D eigenvalue weighted by molar-refractivity contribution is 4.91. The van der Waals surface area contributed by atoms with Crippen molar-refractivity contribution < 1.29 is 4.57 Å². The second-order valence-electron chi connectivity index (χ2n) is 1.49. The summed E-state index contributed by atoms with van der Waals surface area (Å²) in [6.45, 7) is 0. The maximum atomic E-state index is 5.05. The summed E-state index contributed by atoms with van der Waals surface area (Å²) in [4.78, 5) is 0. The van der Waals surface area contributed by atoms with Crippen LogP contribution in [-0.2, 0) is 0 Å². The van der Waals surface area contributed by atoms with E-state index in [4.69, 9.17) is 12.8 Å². The predicted octanol–water partition coefficient (Wildman–Crippen LogP) is -0.347. The lowest BCUT2D eigenvalue weighted by Crippen LogP contribution is -2.23. The lowest BCUT2D eigenvalue weighted by Gasteiger charge is -1.70. The Hall–Kier alpha value is -1.67. The normalized spacial score (nSPS) is 7.78. The lowest BCUT2D eigenvalue weighted by atomic mass is 10.9. The molecule has 42 valence electrons. The van der Waals surface area contributed by atoms with Crippen LogP contribution in [0, 0.1) is 24.9 Å². The Morgan fingerprint density at radius 1 is 1.44 bits per heavy atom. The first-order chi connectivity index (χ1) is 4.36. The molecule has 0 saturated carbocycles. The van der Waals surface area contributed by atoms with Gasteiger partial charge in [-0.2, -0.15) is 9.13 Å². The van der Waals surface area contributed by atoms with Gasteiger partial charge in [0.15, 0.2) is 0 Å². The van der Waals surface area contributed by atoms with E-state index in [2.05, 4.69) is 12.1 Å². The fraction of sp³-hybridized carbons (Fsp3) is 0. The van der Waals surface area contributed by atoms with Crippen LogP contribution in [0.15, 0.2) is 18.7 Å². The van der Waals surface area contributed by atoms with Crippen molar-refractivity contribution in [1.82, 2.24) is 4.57 Å². The third-order valence-corrected chi connectivity index (χ3v) is 0.935. The Balaban J connectivity index is 3.08. The van der Waals surface area contributed by atoms with Gasteiger partial charge in [0, 0.05) is 0 Å². The Kier molecular flexibility index (Phi) is 1.25. The fourth-order valence-corrected chi connectivity index (χ4v) is 0.507. The van der Waals surface area contributed by atoms with Crippen molar-refractivity contribution >= 4 is 0 Å². The summed E-state index contributed by atoms with van der Waals surface area (Å²) < 4.78 is 3.08. The molecule has 0 atom stereocenters. The van der Waals surface area contributed by atoms with Crippen molar-refractivity contribution in [1.29, 1.82) is 0 Å². The van der Waals surface area contributed by atoms with Crippen LogP contribution in [-0.4, -0.2) is 4.57 Å². The molecule has 1 aromatic rings. The minimum atomic E-state index is 1.54. The molecule has 0 aromatic carbocycles. The van der Waals surface area contributed by atoms with E-state index in [9.17, 15) is 0 Å². The number of hydrogen-bond donors (Lipinski definition) is 0. The van der Waals surface area contributed by atoms with E-state index < -0.39 is 0 Å². The highest BCUT2D eigenvalue weighted by Crippen LogP contribution is 1.74. The van der Waals surface area contributed by atoms with Crippen molar-refractivity contribution in [2.24, 2.45) is 0 Å². The number of imidazole rings is 1. The molecule has 9 heavy (non-hydrogen) atoms. The predicted molar refractivity (Wildman–Crippen MR) is 33.1 cm³/mol. The van der Waals surface area contributed by atoms with Crippen LogP contribution in [0.5, 0.6) is 0 Å². The molecule has 0 aliphatic rings.